The number of benzene rings is 1. The number of nitrogens with two attached hydrogens (primary N) is 1. The van der Waals surface area contributed by atoms with Crippen LogP contribution in [0.25, 0.3) is 11.3 Å². The van der Waals surface area contributed by atoms with E-state index in [0.29, 0.717) is 23.4 Å². The van der Waals surface area contributed by atoms with Gasteiger partial charge in [0.1, 0.15) is 5.82 Å². The monoisotopic (exact) mass is 317 g/mol. The van der Waals surface area contributed by atoms with Crippen LogP contribution in [0.15, 0.2) is 29.1 Å². The molecule has 0 bridgehead atoms. The fourth-order valence-corrected chi connectivity index (χ4v) is 2.42. The molecule has 4 nitrogen and oxygen atoms in total. The van der Waals surface area contributed by atoms with Gasteiger partial charge in [-0.25, -0.2) is 9.07 Å². The smallest absolute Gasteiger partial charge is 0.271 e. The first kappa shape index (κ1) is 17.3. The zero-order valence-corrected chi connectivity index (χ0v) is 14.4. The Morgan fingerprint density at radius 2 is 1.96 bits per heavy atom. The molecule has 1 aromatic carbocycles. The van der Waals surface area contributed by atoms with Gasteiger partial charge in [0.25, 0.3) is 5.56 Å². The highest BCUT2D eigenvalue weighted by Gasteiger charge is 2.22. The highest BCUT2D eigenvalue weighted by atomic mass is 19.1. The zero-order chi connectivity index (χ0) is 17.4. The molecule has 0 atom stereocenters. The molecule has 0 aliphatic rings. The third kappa shape index (κ3) is 3.85. The molecule has 0 saturated carbocycles. The van der Waals surface area contributed by atoms with Gasteiger partial charge in [0.15, 0.2) is 0 Å². The Labute approximate surface area is 136 Å². The Morgan fingerprint density at radius 1 is 1.30 bits per heavy atom. The maximum atomic E-state index is 13.5. The highest BCUT2D eigenvalue weighted by Crippen LogP contribution is 2.23. The minimum absolute atomic E-state index is 0.172. The SMILES string of the molecule is Cc1cc(-c2cc(C(C)(C)N)c(=O)n(CC(C)C)n2)ccc1F. The van der Waals surface area contributed by atoms with Crippen LogP contribution in [-0.2, 0) is 12.1 Å². The molecule has 0 aliphatic carbocycles. The highest BCUT2D eigenvalue weighted by molar-refractivity contribution is 5.60. The van der Waals surface area contributed by atoms with Crippen molar-refractivity contribution >= 4 is 0 Å². The standard InChI is InChI=1S/C18H24FN3O/c1-11(2)10-22-17(23)14(18(4,5)20)9-16(21-22)13-6-7-15(19)12(3)8-13/h6-9,11H,10,20H2,1-5H3. The van der Waals surface area contributed by atoms with E-state index in [9.17, 15) is 9.18 Å². The Morgan fingerprint density at radius 3 is 2.48 bits per heavy atom. The Hall–Kier alpha value is -2.01. The number of aryl methyl sites for hydroxylation is 1. The van der Waals surface area contributed by atoms with Crippen LogP contribution in [0, 0.1) is 18.7 Å². The van der Waals surface area contributed by atoms with Gasteiger partial charge in [0, 0.05) is 23.2 Å². The lowest BCUT2D eigenvalue weighted by molar-refractivity contribution is 0.448. The summed E-state index contributed by atoms with van der Waals surface area (Å²) in [6.45, 7) is 9.85. The summed E-state index contributed by atoms with van der Waals surface area (Å²) < 4.78 is 15.0. The van der Waals surface area contributed by atoms with Gasteiger partial charge in [-0.1, -0.05) is 13.8 Å². The summed E-state index contributed by atoms with van der Waals surface area (Å²) in [6.07, 6.45) is 0. The van der Waals surface area contributed by atoms with Crippen molar-refractivity contribution in [3.8, 4) is 11.3 Å². The molecular formula is C18H24FN3O. The molecule has 1 aromatic heterocycles. The van der Waals surface area contributed by atoms with Gasteiger partial charge in [0.2, 0.25) is 0 Å². The van der Waals surface area contributed by atoms with Gasteiger partial charge in [-0.05, 0) is 56.5 Å². The van der Waals surface area contributed by atoms with Gasteiger partial charge in [-0.2, -0.15) is 5.10 Å². The van der Waals surface area contributed by atoms with Gasteiger partial charge < -0.3 is 5.73 Å². The predicted octanol–water partition coefficient (Wildman–Crippen LogP) is 3.21. The van der Waals surface area contributed by atoms with Crippen LogP contribution >= 0.6 is 0 Å². The average molecular weight is 317 g/mol. The number of aromatic nitrogens is 2. The van der Waals surface area contributed by atoms with E-state index in [1.807, 2.05) is 13.8 Å². The van der Waals surface area contributed by atoms with Crippen molar-refractivity contribution in [2.45, 2.75) is 46.7 Å². The summed E-state index contributed by atoms with van der Waals surface area (Å²) in [4.78, 5) is 12.6. The first-order chi connectivity index (χ1) is 10.6. The van der Waals surface area contributed by atoms with Crippen LogP contribution in [0.2, 0.25) is 0 Å². The van der Waals surface area contributed by atoms with Crippen LogP contribution in [0.1, 0.15) is 38.8 Å². The molecule has 5 heteroatoms. The van der Waals surface area contributed by atoms with Crippen molar-refractivity contribution in [3.63, 3.8) is 0 Å². The van der Waals surface area contributed by atoms with Crippen molar-refractivity contribution in [3.05, 3.63) is 51.6 Å². The Kier molecular flexibility index (Phi) is 4.71. The second-order valence-corrected chi connectivity index (χ2v) is 7.01. The average Bonchev–Trinajstić information content (AvgIpc) is 2.42. The molecule has 0 amide bonds. The molecule has 23 heavy (non-hydrogen) atoms. The van der Waals surface area contributed by atoms with E-state index in [0.717, 1.165) is 5.56 Å². The topological polar surface area (TPSA) is 60.9 Å². The van der Waals surface area contributed by atoms with Crippen LogP contribution in [-0.4, -0.2) is 9.78 Å². The molecule has 1 heterocycles. The first-order valence-electron chi connectivity index (χ1n) is 7.77. The van der Waals surface area contributed by atoms with Crippen LogP contribution in [0.5, 0.6) is 0 Å². The number of halogens is 1. The van der Waals surface area contributed by atoms with Gasteiger partial charge >= 0.3 is 0 Å². The van der Waals surface area contributed by atoms with Gasteiger partial charge in [0.05, 0.1) is 5.69 Å². The van der Waals surface area contributed by atoms with Crippen molar-refractivity contribution in [2.24, 2.45) is 11.7 Å². The summed E-state index contributed by atoms with van der Waals surface area (Å²) >= 11 is 0. The first-order valence-corrected chi connectivity index (χ1v) is 7.77. The largest absolute Gasteiger partial charge is 0.322 e. The van der Waals surface area contributed by atoms with Crippen LogP contribution in [0.3, 0.4) is 0 Å². The zero-order valence-electron chi connectivity index (χ0n) is 14.4. The summed E-state index contributed by atoms with van der Waals surface area (Å²) in [6, 6.07) is 6.53. The lowest BCUT2D eigenvalue weighted by Crippen LogP contribution is -2.39. The maximum absolute atomic E-state index is 13.5. The van der Waals surface area contributed by atoms with Crippen LogP contribution in [0.4, 0.5) is 4.39 Å². The molecule has 0 spiro atoms. The van der Waals surface area contributed by atoms with E-state index in [2.05, 4.69) is 5.10 Å². The van der Waals surface area contributed by atoms with E-state index >= 15 is 0 Å². The molecular weight excluding hydrogens is 293 g/mol. The van der Waals surface area contributed by atoms with Crippen molar-refractivity contribution in [2.75, 3.05) is 0 Å². The Bertz CT molecular complexity index is 773. The number of rotatable bonds is 4. The number of nitrogens with zero attached hydrogens (tertiary/aromatic N) is 2. The summed E-state index contributed by atoms with van der Waals surface area (Å²) in [5.41, 5.74) is 7.65. The summed E-state index contributed by atoms with van der Waals surface area (Å²) in [5.74, 6) is 0.0165. The van der Waals surface area contributed by atoms with E-state index in [4.69, 9.17) is 5.73 Å². The third-order valence-electron chi connectivity index (χ3n) is 3.66. The molecule has 0 saturated heterocycles. The second-order valence-electron chi connectivity index (χ2n) is 7.01. The van der Waals surface area contributed by atoms with Crippen molar-refractivity contribution in [1.82, 2.24) is 9.78 Å². The molecule has 0 aliphatic heterocycles. The van der Waals surface area contributed by atoms with Gasteiger partial charge in [-0.15, -0.1) is 0 Å². The summed E-state index contributed by atoms with van der Waals surface area (Å²) in [7, 11) is 0. The molecule has 0 radical (unpaired) electrons. The van der Waals surface area contributed by atoms with E-state index in [1.165, 1.54) is 10.7 Å². The number of hydrogen-bond acceptors (Lipinski definition) is 3. The maximum Gasteiger partial charge on any atom is 0.271 e. The minimum Gasteiger partial charge on any atom is -0.322 e. The quantitative estimate of drug-likeness (QED) is 0.942. The molecule has 2 N–H and O–H groups in total. The molecule has 0 unspecified atom stereocenters. The van der Waals surface area contributed by atoms with E-state index in [-0.39, 0.29) is 17.3 Å². The third-order valence-corrected chi connectivity index (χ3v) is 3.66. The van der Waals surface area contributed by atoms with Crippen molar-refractivity contribution < 1.29 is 4.39 Å². The fraction of sp³-hybridized carbons (Fsp3) is 0.444. The Balaban J connectivity index is 2.68. The normalized spacial score (nSPS) is 12.0. The molecule has 2 rings (SSSR count). The van der Waals surface area contributed by atoms with Gasteiger partial charge in [-0.3, -0.25) is 4.79 Å². The molecule has 2 aromatic rings. The lowest BCUT2D eigenvalue weighted by Gasteiger charge is -2.21. The predicted molar refractivity (Wildman–Crippen MR) is 90.7 cm³/mol. The van der Waals surface area contributed by atoms with E-state index in [1.54, 1.807) is 39.0 Å². The lowest BCUT2D eigenvalue weighted by atomic mass is 9.95. The fourth-order valence-electron chi connectivity index (χ4n) is 2.42. The summed E-state index contributed by atoms with van der Waals surface area (Å²) in [5, 5.41) is 4.45. The number of hydrogen-bond donors (Lipinski definition) is 1. The molecule has 0 fully saturated rings. The van der Waals surface area contributed by atoms with Crippen molar-refractivity contribution in [1.29, 1.82) is 0 Å². The van der Waals surface area contributed by atoms with E-state index < -0.39 is 5.54 Å². The second kappa shape index (κ2) is 6.24. The van der Waals surface area contributed by atoms with Crippen LogP contribution < -0.4 is 11.3 Å². The molecule has 124 valence electrons. The minimum atomic E-state index is -0.775.